The van der Waals surface area contributed by atoms with Crippen LogP contribution in [-0.4, -0.2) is 33.9 Å². The summed E-state index contributed by atoms with van der Waals surface area (Å²) in [5.74, 6) is 0.426. The number of nitrogens with zero attached hydrogens (tertiary/aromatic N) is 3. The van der Waals surface area contributed by atoms with E-state index in [2.05, 4.69) is 15.3 Å². The fourth-order valence-electron chi connectivity index (χ4n) is 2.79. The van der Waals surface area contributed by atoms with Crippen LogP contribution in [0.4, 0.5) is 11.6 Å². The summed E-state index contributed by atoms with van der Waals surface area (Å²) in [6.07, 6.45) is 5.26. The summed E-state index contributed by atoms with van der Waals surface area (Å²) in [6, 6.07) is 3.93. The van der Waals surface area contributed by atoms with Gasteiger partial charge in [-0.2, -0.15) is 0 Å². The van der Waals surface area contributed by atoms with Crippen LogP contribution in [0.3, 0.4) is 0 Å². The molecule has 6 heteroatoms. The summed E-state index contributed by atoms with van der Waals surface area (Å²) in [5.41, 5.74) is 3.43. The lowest BCUT2D eigenvalue weighted by atomic mass is 10.1. The lowest BCUT2D eigenvalue weighted by Gasteiger charge is -2.15. The van der Waals surface area contributed by atoms with E-state index in [0.29, 0.717) is 16.5 Å². The Labute approximate surface area is 140 Å². The van der Waals surface area contributed by atoms with Gasteiger partial charge < -0.3 is 10.2 Å². The molecule has 1 aliphatic rings. The zero-order valence-corrected chi connectivity index (χ0v) is 14.0. The molecule has 0 saturated carbocycles. The van der Waals surface area contributed by atoms with Crippen molar-refractivity contribution in [2.75, 3.05) is 18.4 Å². The molecule has 120 valence electrons. The predicted octanol–water partition coefficient (Wildman–Crippen LogP) is 3.73. The van der Waals surface area contributed by atoms with E-state index in [1.165, 1.54) is 0 Å². The average molecular weight is 331 g/mol. The molecule has 1 aromatic heterocycles. The van der Waals surface area contributed by atoms with Gasteiger partial charge in [0.25, 0.3) is 5.91 Å². The van der Waals surface area contributed by atoms with Gasteiger partial charge in [0.05, 0.1) is 16.3 Å². The van der Waals surface area contributed by atoms with E-state index in [9.17, 15) is 4.79 Å². The zero-order valence-electron chi connectivity index (χ0n) is 13.3. The molecule has 0 spiro atoms. The van der Waals surface area contributed by atoms with Crippen molar-refractivity contribution < 1.29 is 4.79 Å². The Morgan fingerprint density at radius 3 is 2.43 bits per heavy atom. The van der Waals surface area contributed by atoms with Gasteiger partial charge in [-0.1, -0.05) is 17.7 Å². The predicted molar refractivity (Wildman–Crippen MR) is 91.4 cm³/mol. The van der Waals surface area contributed by atoms with Crippen molar-refractivity contribution in [1.29, 1.82) is 0 Å². The van der Waals surface area contributed by atoms with Crippen LogP contribution in [0.2, 0.25) is 5.02 Å². The van der Waals surface area contributed by atoms with Crippen molar-refractivity contribution in [2.24, 2.45) is 0 Å². The van der Waals surface area contributed by atoms with Gasteiger partial charge in [-0.25, -0.2) is 9.97 Å². The van der Waals surface area contributed by atoms with Gasteiger partial charge in [-0.15, -0.1) is 0 Å². The molecule has 5 nitrogen and oxygen atoms in total. The van der Waals surface area contributed by atoms with Crippen LogP contribution < -0.4 is 5.32 Å². The molecule has 0 unspecified atom stereocenters. The third-order valence-corrected chi connectivity index (χ3v) is 4.26. The molecule has 3 rings (SSSR count). The maximum absolute atomic E-state index is 12.3. The van der Waals surface area contributed by atoms with Gasteiger partial charge in [0, 0.05) is 25.5 Å². The molecule has 0 aliphatic carbocycles. The standard InChI is InChI=1S/C17H19ClN4O/c1-11-7-12(2)15(14(18)8-11)21-17-19-9-13(10-20-17)16(23)22-5-3-4-6-22/h7-10H,3-6H2,1-2H3,(H,19,20,21). The first-order valence-corrected chi connectivity index (χ1v) is 8.07. The SMILES string of the molecule is Cc1cc(C)c(Nc2ncc(C(=O)N3CCCC3)cn2)c(Cl)c1. The first-order valence-electron chi connectivity index (χ1n) is 7.69. The second kappa shape index (κ2) is 6.54. The first kappa shape index (κ1) is 15.7. The van der Waals surface area contributed by atoms with Gasteiger partial charge >= 0.3 is 0 Å². The molecule has 2 aromatic rings. The lowest BCUT2D eigenvalue weighted by Crippen LogP contribution is -2.27. The van der Waals surface area contributed by atoms with E-state index in [4.69, 9.17) is 11.6 Å². The number of aryl methyl sites for hydroxylation is 2. The average Bonchev–Trinajstić information content (AvgIpc) is 3.05. The van der Waals surface area contributed by atoms with Crippen molar-refractivity contribution in [3.63, 3.8) is 0 Å². The van der Waals surface area contributed by atoms with Gasteiger partial charge in [0.2, 0.25) is 5.95 Å². The molecule has 1 fully saturated rings. The summed E-state index contributed by atoms with van der Waals surface area (Å²) in [7, 11) is 0. The number of benzene rings is 1. The van der Waals surface area contributed by atoms with E-state index in [1.54, 1.807) is 12.4 Å². The molecule has 1 aliphatic heterocycles. The smallest absolute Gasteiger partial charge is 0.256 e. The Bertz CT molecular complexity index is 701. The van der Waals surface area contributed by atoms with Crippen molar-refractivity contribution in [3.8, 4) is 0 Å². The van der Waals surface area contributed by atoms with E-state index < -0.39 is 0 Å². The number of likely N-dealkylation sites (tertiary alicyclic amines) is 1. The number of aromatic nitrogens is 2. The minimum Gasteiger partial charge on any atom is -0.339 e. The Hall–Kier alpha value is -2.14. The number of nitrogens with one attached hydrogen (secondary N) is 1. The van der Waals surface area contributed by atoms with E-state index in [0.717, 1.165) is 42.7 Å². The number of rotatable bonds is 3. The first-order chi connectivity index (χ1) is 11.0. The molecular formula is C17H19ClN4O. The van der Waals surface area contributed by atoms with Crippen LogP contribution in [0.25, 0.3) is 0 Å². The molecule has 1 aromatic carbocycles. The molecule has 1 amide bonds. The van der Waals surface area contributed by atoms with Crippen LogP contribution in [0, 0.1) is 13.8 Å². The summed E-state index contributed by atoms with van der Waals surface area (Å²) < 4.78 is 0. The zero-order chi connectivity index (χ0) is 16.4. The molecule has 1 N–H and O–H groups in total. The highest BCUT2D eigenvalue weighted by Crippen LogP contribution is 2.29. The minimum atomic E-state index is -0.00130. The van der Waals surface area contributed by atoms with Crippen molar-refractivity contribution in [1.82, 2.24) is 14.9 Å². The largest absolute Gasteiger partial charge is 0.339 e. The van der Waals surface area contributed by atoms with E-state index in [-0.39, 0.29) is 5.91 Å². The number of halogens is 1. The molecule has 23 heavy (non-hydrogen) atoms. The Balaban J connectivity index is 1.76. The summed E-state index contributed by atoms with van der Waals surface area (Å²) in [5, 5.41) is 3.75. The third kappa shape index (κ3) is 3.45. The number of hydrogen-bond acceptors (Lipinski definition) is 4. The molecule has 0 atom stereocenters. The van der Waals surface area contributed by atoms with Crippen LogP contribution in [0.5, 0.6) is 0 Å². The number of anilines is 2. The van der Waals surface area contributed by atoms with E-state index >= 15 is 0 Å². The molecule has 0 radical (unpaired) electrons. The molecule has 0 bridgehead atoms. The van der Waals surface area contributed by atoms with E-state index in [1.807, 2.05) is 30.9 Å². The number of hydrogen-bond donors (Lipinski definition) is 1. The maximum atomic E-state index is 12.3. The van der Waals surface area contributed by atoms with Crippen LogP contribution in [-0.2, 0) is 0 Å². The van der Waals surface area contributed by atoms with Crippen molar-refractivity contribution in [3.05, 3.63) is 46.2 Å². The second-order valence-corrected chi connectivity index (χ2v) is 6.27. The lowest BCUT2D eigenvalue weighted by molar-refractivity contribution is 0.0792. The fraction of sp³-hybridized carbons (Fsp3) is 0.353. The third-order valence-electron chi connectivity index (χ3n) is 3.96. The highest BCUT2D eigenvalue weighted by Gasteiger charge is 2.20. The van der Waals surface area contributed by atoms with Crippen molar-refractivity contribution >= 4 is 29.1 Å². The Kier molecular flexibility index (Phi) is 4.48. The van der Waals surface area contributed by atoms with Gasteiger partial charge in [-0.05, 0) is 43.9 Å². The Morgan fingerprint density at radius 2 is 1.83 bits per heavy atom. The minimum absolute atomic E-state index is 0.00130. The number of carbonyl (C=O) groups is 1. The topological polar surface area (TPSA) is 58.1 Å². The van der Waals surface area contributed by atoms with Crippen LogP contribution >= 0.6 is 11.6 Å². The fourth-order valence-corrected chi connectivity index (χ4v) is 3.16. The van der Waals surface area contributed by atoms with Crippen molar-refractivity contribution in [2.45, 2.75) is 26.7 Å². The normalized spacial score (nSPS) is 14.1. The van der Waals surface area contributed by atoms with Crippen LogP contribution in [0.15, 0.2) is 24.5 Å². The number of carbonyl (C=O) groups excluding carboxylic acids is 1. The maximum Gasteiger partial charge on any atom is 0.256 e. The van der Waals surface area contributed by atoms with Gasteiger partial charge in [-0.3, -0.25) is 4.79 Å². The Morgan fingerprint density at radius 1 is 1.17 bits per heavy atom. The molecular weight excluding hydrogens is 312 g/mol. The van der Waals surface area contributed by atoms with Gasteiger partial charge in [0.15, 0.2) is 0 Å². The van der Waals surface area contributed by atoms with Gasteiger partial charge in [0.1, 0.15) is 0 Å². The summed E-state index contributed by atoms with van der Waals surface area (Å²) in [6.45, 7) is 5.61. The second-order valence-electron chi connectivity index (χ2n) is 5.86. The monoisotopic (exact) mass is 330 g/mol. The summed E-state index contributed by atoms with van der Waals surface area (Å²) >= 11 is 6.27. The molecule has 2 heterocycles. The highest BCUT2D eigenvalue weighted by molar-refractivity contribution is 6.33. The quantitative estimate of drug-likeness (QED) is 0.931. The number of amides is 1. The highest BCUT2D eigenvalue weighted by atomic mass is 35.5. The molecule has 1 saturated heterocycles. The summed E-state index contributed by atoms with van der Waals surface area (Å²) in [4.78, 5) is 22.6. The van der Waals surface area contributed by atoms with Crippen LogP contribution in [0.1, 0.15) is 34.3 Å².